The zero-order valence-electron chi connectivity index (χ0n) is 16.6. The quantitative estimate of drug-likeness (QED) is 0.286. The van der Waals surface area contributed by atoms with Gasteiger partial charge in [-0.05, 0) is 38.8 Å². The van der Waals surface area contributed by atoms with E-state index in [-0.39, 0.29) is 11.6 Å². The first-order chi connectivity index (χ1) is 13.0. The van der Waals surface area contributed by atoms with Crippen molar-refractivity contribution in [3.05, 3.63) is 60.7 Å². The minimum absolute atomic E-state index is 0.142. The van der Waals surface area contributed by atoms with Gasteiger partial charge in [0.1, 0.15) is 0 Å². The molecule has 0 saturated carbocycles. The number of hydrazone groups is 1. The van der Waals surface area contributed by atoms with E-state index in [1.54, 1.807) is 0 Å². The summed E-state index contributed by atoms with van der Waals surface area (Å²) >= 11 is 0. The van der Waals surface area contributed by atoms with Crippen molar-refractivity contribution in [1.29, 1.82) is 0 Å². The van der Waals surface area contributed by atoms with Gasteiger partial charge in [0.2, 0.25) is 0 Å². The van der Waals surface area contributed by atoms with Crippen molar-refractivity contribution < 1.29 is 9.53 Å². The van der Waals surface area contributed by atoms with Crippen molar-refractivity contribution >= 4 is 30.2 Å². The molecule has 0 bridgehead atoms. The molecule has 0 radical (unpaired) electrons. The number of rotatable bonds is 9. The first kappa shape index (κ1) is 21.1. The van der Waals surface area contributed by atoms with Gasteiger partial charge in [0.05, 0.1) is 6.61 Å². The van der Waals surface area contributed by atoms with Gasteiger partial charge in [-0.2, -0.15) is 5.10 Å². The Labute approximate surface area is 164 Å². The summed E-state index contributed by atoms with van der Waals surface area (Å²) in [4.78, 5) is 12.0. The van der Waals surface area contributed by atoms with Gasteiger partial charge >= 0.3 is 5.97 Å². The van der Waals surface area contributed by atoms with Gasteiger partial charge < -0.3 is 9.75 Å². The average Bonchev–Trinajstić information content (AvgIpc) is 2.66. The van der Waals surface area contributed by atoms with E-state index in [9.17, 15) is 4.79 Å². The van der Waals surface area contributed by atoms with Crippen molar-refractivity contribution in [2.24, 2.45) is 5.10 Å². The van der Waals surface area contributed by atoms with Crippen LogP contribution in [0.2, 0.25) is 0 Å². The molecule has 0 heterocycles. The number of hydrogen-bond acceptors (Lipinski definition) is 4. The summed E-state index contributed by atoms with van der Waals surface area (Å²) in [5, 5.41) is 9.10. The molecule has 1 unspecified atom stereocenters. The van der Waals surface area contributed by atoms with Gasteiger partial charge in [-0.3, -0.25) is 4.79 Å². The standard InChI is InChI=1S/C22H29N2O2P/c1-5-26-22(25)17-16-21(18(2)23-24(3)4)27(19-12-8-6-9-13-19)20-14-10-7-11-15-20/h6-15,21H,5,16-17H2,1-4H3/b23-18+. The van der Waals surface area contributed by atoms with Crippen molar-refractivity contribution in [1.82, 2.24) is 5.01 Å². The Morgan fingerprint density at radius 1 is 1.04 bits per heavy atom. The second-order valence-corrected chi connectivity index (χ2v) is 8.89. The maximum Gasteiger partial charge on any atom is 0.305 e. The van der Waals surface area contributed by atoms with Crippen molar-refractivity contribution in [2.75, 3.05) is 20.7 Å². The third kappa shape index (κ3) is 6.48. The summed E-state index contributed by atoms with van der Waals surface area (Å²) in [6.07, 6.45) is 1.12. The average molecular weight is 384 g/mol. The molecule has 0 aliphatic rings. The Morgan fingerprint density at radius 2 is 1.56 bits per heavy atom. The van der Waals surface area contributed by atoms with Crippen LogP contribution in [0.4, 0.5) is 0 Å². The lowest BCUT2D eigenvalue weighted by molar-refractivity contribution is -0.143. The van der Waals surface area contributed by atoms with Gasteiger partial charge in [-0.15, -0.1) is 0 Å². The zero-order chi connectivity index (χ0) is 19.6. The molecule has 2 aromatic rings. The Hall–Kier alpha value is -2.19. The molecule has 1 atom stereocenters. The third-order valence-corrected chi connectivity index (χ3v) is 7.11. The maximum absolute atomic E-state index is 12.0. The summed E-state index contributed by atoms with van der Waals surface area (Å²) in [5.74, 6) is -0.142. The number of carbonyl (C=O) groups excluding carboxylic acids is 1. The second kappa shape index (κ2) is 10.8. The van der Waals surface area contributed by atoms with E-state index < -0.39 is 7.92 Å². The van der Waals surface area contributed by atoms with E-state index in [1.165, 1.54) is 10.6 Å². The predicted octanol–water partition coefficient (Wildman–Crippen LogP) is 3.77. The Balaban J connectivity index is 2.44. The second-order valence-electron chi connectivity index (χ2n) is 6.49. The minimum Gasteiger partial charge on any atom is -0.466 e. The number of nitrogens with zero attached hydrogens (tertiary/aromatic N) is 2. The first-order valence-electron chi connectivity index (χ1n) is 9.30. The molecule has 144 valence electrons. The molecule has 2 rings (SSSR count). The highest BCUT2D eigenvalue weighted by Crippen LogP contribution is 2.42. The van der Waals surface area contributed by atoms with Gasteiger partial charge in [0.25, 0.3) is 0 Å². The summed E-state index contributed by atoms with van der Waals surface area (Å²) in [5.41, 5.74) is 1.21. The lowest BCUT2D eigenvalue weighted by Crippen LogP contribution is -2.29. The number of hydrogen-bond donors (Lipinski definition) is 0. The van der Waals surface area contributed by atoms with Crippen LogP contribution in [0.5, 0.6) is 0 Å². The highest BCUT2D eigenvalue weighted by atomic mass is 31.1. The molecule has 5 heteroatoms. The van der Waals surface area contributed by atoms with Crippen LogP contribution in [0.1, 0.15) is 26.7 Å². The molecular formula is C22H29N2O2P. The summed E-state index contributed by atoms with van der Waals surface area (Å²) in [7, 11) is 3.17. The largest absolute Gasteiger partial charge is 0.466 e. The Morgan fingerprint density at radius 3 is 2.00 bits per heavy atom. The fraction of sp³-hybridized carbons (Fsp3) is 0.364. The van der Waals surface area contributed by atoms with Gasteiger partial charge in [-0.1, -0.05) is 60.7 Å². The van der Waals surface area contributed by atoms with Gasteiger partial charge in [0, 0.05) is 31.9 Å². The van der Waals surface area contributed by atoms with Crippen LogP contribution in [0.25, 0.3) is 0 Å². The fourth-order valence-electron chi connectivity index (χ4n) is 3.08. The van der Waals surface area contributed by atoms with Crippen LogP contribution in [0.15, 0.2) is 65.8 Å². The fourth-order valence-corrected chi connectivity index (χ4v) is 5.90. The lowest BCUT2D eigenvalue weighted by Gasteiger charge is -2.29. The van der Waals surface area contributed by atoms with Crippen molar-refractivity contribution in [2.45, 2.75) is 32.3 Å². The molecular weight excluding hydrogens is 355 g/mol. The maximum atomic E-state index is 12.0. The summed E-state index contributed by atoms with van der Waals surface area (Å²) < 4.78 is 5.16. The molecule has 2 aromatic carbocycles. The lowest BCUT2D eigenvalue weighted by atomic mass is 10.2. The Kier molecular flexibility index (Phi) is 8.47. The van der Waals surface area contributed by atoms with E-state index >= 15 is 0 Å². The topological polar surface area (TPSA) is 41.9 Å². The van der Waals surface area contributed by atoms with Crippen LogP contribution in [-0.2, 0) is 9.53 Å². The smallest absolute Gasteiger partial charge is 0.305 e. The summed E-state index contributed by atoms with van der Waals surface area (Å²) in [6, 6.07) is 21.1. The molecule has 0 aliphatic heterocycles. The predicted molar refractivity (Wildman–Crippen MR) is 116 cm³/mol. The van der Waals surface area contributed by atoms with Gasteiger partial charge in [0.15, 0.2) is 0 Å². The molecule has 27 heavy (non-hydrogen) atoms. The van der Waals surface area contributed by atoms with Crippen LogP contribution in [0, 0.1) is 0 Å². The monoisotopic (exact) mass is 384 g/mol. The zero-order valence-corrected chi connectivity index (χ0v) is 17.5. The number of ether oxygens (including phenoxy) is 1. The molecule has 0 aliphatic carbocycles. The van der Waals surface area contributed by atoms with Crippen LogP contribution < -0.4 is 10.6 Å². The highest BCUT2D eigenvalue weighted by Gasteiger charge is 2.28. The van der Waals surface area contributed by atoms with E-state index in [4.69, 9.17) is 4.74 Å². The summed E-state index contributed by atoms with van der Waals surface area (Å²) in [6.45, 7) is 4.33. The molecule has 0 spiro atoms. The number of esters is 1. The van der Waals surface area contributed by atoms with Gasteiger partial charge in [-0.25, -0.2) is 0 Å². The Bertz CT molecular complexity index is 693. The van der Waals surface area contributed by atoms with Crippen LogP contribution in [-0.4, -0.2) is 43.1 Å². The molecule has 0 fully saturated rings. The molecule has 0 N–H and O–H groups in total. The molecule has 0 amide bonds. The van der Waals surface area contributed by atoms with E-state index in [1.807, 2.05) is 38.2 Å². The third-order valence-electron chi connectivity index (χ3n) is 4.15. The van der Waals surface area contributed by atoms with Crippen molar-refractivity contribution in [3.63, 3.8) is 0 Å². The minimum atomic E-state index is -0.689. The first-order valence-corrected chi connectivity index (χ1v) is 10.7. The van der Waals surface area contributed by atoms with E-state index in [0.29, 0.717) is 13.0 Å². The molecule has 0 saturated heterocycles. The van der Waals surface area contributed by atoms with Crippen molar-refractivity contribution in [3.8, 4) is 0 Å². The number of carbonyl (C=O) groups is 1. The SMILES string of the molecule is CCOC(=O)CCC(/C(C)=N/N(C)C)P(c1ccccc1)c1ccccc1. The normalized spacial score (nSPS) is 12.7. The highest BCUT2D eigenvalue weighted by molar-refractivity contribution is 7.74. The molecule has 4 nitrogen and oxygen atoms in total. The van der Waals surface area contributed by atoms with E-state index in [2.05, 4.69) is 60.6 Å². The van der Waals surface area contributed by atoms with Crippen LogP contribution in [0.3, 0.4) is 0 Å². The molecule has 0 aromatic heterocycles. The van der Waals surface area contributed by atoms with Crippen LogP contribution >= 0.6 is 7.92 Å². The number of benzene rings is 2. The van der Waals surface area contributed by atoms with E-state index in [0.717, 1.165) is 12.1 Å².